The largest absolute Gasteiger partial charge is 0.497 e. The average molecular weight is 450 g/mol. The number of halogens is 1. The van der Waals surface area contributed by atoms with Crippen LogP contribution in [0.5, 0.6) is 11.5 Å². The number of methoxy groups -OCH3 is 1. The number of anilines is 1. The van der Waals surface area contributed by atoms with Gasteiger partial charge in [-0.1, -0.05) is 23.2 Å². The Labute approximate surface area is 189 Å². The van der Waals surface area contributed by atoms with Gasteiger partial charge in [-0.25, -0.2) is 0 Å². The molecule has 0 saturated carbocycles. The molecule has 32 heavy (non-hydrogen) atoms. The molecule has 1 amide bonds. The summed E-state index contributed by atoms with van der Waals surface area (Å²) in [6, 6.07) is 19.1. The molecule has 7 heteroatoms. The Bertz CT molecular complexity index is 1330. The van der Waals surface area contributed by atoms with Gasteiger partial charge < -0.3 is 19.2 Å². The van der Waals surface area contributed by atoms with Gasteiger partial charge in [0.2, 0.25) is 11.2 Å². The van der Waals surface area contributed by atoms with Crippen molar-refractivity contribution in [3.8, 4) is 22.8 Å². The Hall–Kier alpha value is -3.77. The van der Waals surface area contributed by atoms with Crippen LogP contribution in [0, 0.1) is 6.92 Å². The van der Waals surface area contributed by atoms with Gasteiger partial charge in [0.15, 0.2) is 12.4 Å². The molecule has 4 rings (SSSR count). The second-order valence-corrected chi connectivity index (χ2v) is 7.60. The van der Waals surface area contributed by atoms with Crippen molar-refractivity contribution in [1.82, 2.24) is 0 Å². The summed E-state index contributed by atoms with van der Waals surface area (Å²) in [6.45, 7) is 1.52. The van der Waals surface area contributed by atoms with Gasteiger partial charge in [-0.05, 0) is 67.6 Å². The second-order valence-electron chi connectivity index (χ2n) is 7.16. The average Bonchev–Trinajstić information content (AvgIpc) is 2.80. The van der Waals surface area contributed by atoms with E-state index in [1.165, 1.54) is 0 Å². The zero-order valence-corrected chi connectivity index (χ0v) is 18.2. The van der Waals surface area contributed by atoms with Crippen molar-refractivity contribution in [2.45, 2.75) is 6.92 Å². The molecule has 0 fully saturated rings. The minimum Gasteiger partial charge on any atom is -0.497 e. The van der Waals surface area contributed by atoms with Crippen LogP contribution in [0.15, 0.2) is 75.9 Å². The summed E-state index contributed by atoms with van der Waals surface area (Å²) in [4.78, 5) is 25.7. The van der Waals surface area contributed by atoms with Crippen molar-refractivity contribution in [2.24, 2.45) is 0 Å². The third-order valence-corrected chi connectivity index (χ3v) is 5.08. The number of carbonyl (C=O) groups excluding carboxylic acids is 1. The molecule has 1 aromatic heterocycles. The molecule has 162 valence electrons. The van der Waals surface area contributed by atoms with Crippen LogP contribution in [-0.2, 0) is 4.79 Å². The van der Waals surface area contributed by atoms with Crippen LogP contribution >= 0.6 is 11.6 Å². The summed E-state index contributed by atoms with van der Waals surface area (Å²) in [5.41, 5.74) is 2.18. The maximum absolute atomic E-state index is 13.2. The highest BCUT2D eigenvalue weighted by molar-refractivity contribution is 6.30. The lowest BCUT2D eigenvalue weighted by atomic mass is 10.1. The second kappa shape index (κ2) is 9.16. The first-order chi connectivity index (χ1) is 15.4. The van der Waals surface area contributed by atoms with E-state index in [4.69, 9.17) is 25.5 Å². The molecule has 1 N–H and O–H groups in total. The van der Waals surface area contributed by atoms with Gasteiger partial charge in [0.05, 0.1) is 12.5 Å². The van der Waals surface area contributed by atoms with Crippen molar-refractivity contribution in [3.63, 3.8) is 0 Å². The summed E-state index contributed by atoms with van der Waals surface area (Å²) in [6.07, 6.45) is 0. The summed E-state index contributed by atoms with van der Waals surface area (Å²) in [5.74, 6) is 0.465. The van der Waals surface area contributed by atoms with E-state index in [0.29, 0.717) is 33.0 Å². The lowest BCUT2D eigenvalue weighted by molar-refractivity contribution is -0.118. The number of ether oxygens (including phenoxy) is 2. The molecule has 0 spiro atoms. The van der Waals surface area contributed by atoms with Gasteiger partial charge in [0.1, 0.15) is 11.3 Å². The highest BCUT2D eigenvalue weighted by Gasteiger charge is 2.19. The number of nitrogens with one attached hydrogen (secondary N) is 1. The monoisotopic (exact) mass is 449 g/mol. The quantitative estimate of drug-likeness (QED) is 0.423. The Balaban J connectivity index is 1.65. The predicted octanol–water partition coefficient (Wildman–Crippen LogP) is 5.45. The molecule has 0 atom stereocenters. The molecule has 0 bridgehead atoms. The molecule has 4 aromatic rings. The van der Waals surface area contributed by atoms with Crippen molar-refractivity contribution in [2.75, 3.05) is 19.0 Å². The van der Waals surface area contributed by atoms with Crippen LogP contribution in [-0.4, -0.2) is 19.6 Å². The third-order valence-electron chi connectivity index (χ3n) is 4.83. The molecule has 6 nitrogen and oxygen atoms in total. The third kappa shape index (κ3) is 4.60. The molecule has 0 aliphatic heterocycles. The van der Waals surface area contributed by atoms with Crippen molar-refractivity contribution in [1.29, 1.82) is 0 Å². The summed E-state index contributed by atoms with van der Waals surface area (Å²) in [5, 5.41) is 3.66. The van der Waals surface area contributed by atoms with Crippen LogP contribution < -0.4 is 20.2 Å². The lowest BCUT2D eigenvalue weighted by Gasteiger charge is -2.12. The van der Waals surface area contributed by atoms with Gasteiger partial charge in [-0.2, -0.15) is 0 Å². The molecule has 1 heterocycles. The topological polar surface area (TPSA) is 77.8 Å². The van der Waals surface area contributed by atoms with Gasteiger partial charge >= 0.3 is 0 Å². The molecule has 0 aliphatic rings. The van der Waals surface area contributed by atoms with Gasteiger partial charge in [0, 0.05) is 16.3 Å². The van der Waals surface area contributed by atoms with Crippen LogP contribution in [0.2, 0.25) is 5.02 Å². The summed E-state index contributed by atoms with van der Waals surface area (Å²) >= 11 is 6.00. The van der Waals surface area contributed by atoms with Crippen LogP contribution in [0.1, 0.15) is 5.56 Å². The summed E-state index contributed by atoms with van der Waals surface area (Å²) < 4.78 is 16.8. The number of carbonyl (C=O) groups is 1. The molecule has 0 saturated heterocycles. The lowest BCUT2D eigenvalue weighted by Crippen LogP contribution is -2.22. The Morgan fingerprint density at radius 3 is 2.44 bits per heavy atom. The SMILES string of the molecule is COc1ccc(NC(=O)COc2c(-c3ccc(Cl)cc3)oc3ccc(C)cc3c2=O)cc1. The standard InChI is InChI=1S/C25H20ClNO5/c1-15-3-12-21-20(13-15)23(29)25(24(32-21)16-4-6-17(26)7-5-16)31-14-22(28)27-18-8-10-19(30-2)11-9-18/h3-13H,14H2,1-2H3,(H,27,28). The molecule has 0 aliphatic carbocycles. The van der Waals surface area contributed by atoms with E-state index in [1.54, 1.807) is 67.8 Å². The number of rotatable bonds is 6. The molecular formula is C25H20ClNO5. The fourth-order valence-electron chi connectivity index (χ4n) is 3.22. The van der Waals surface area contributed by atoms with Crippen molar-refractivity contribution >= 4 is 34.2 Å². The Morgan fingerprint density at radius 1 is 1.03 bits per heavy atom. The highest BCUT2D eigenvalue weighted by Crippen LogP contribution is 2.32. The number of hydrogen-bond donors (Lipinski definition) is 1. The van der Waals surface area contributed by atoms with Crippen molar-refractivity contribution < 1.29 is 18.7 Å². The fraction of sp³-hybridized carbons (Fsp3) is 0.120. The smallest absolute Gasteiger partial charge is 0.262 e. The van der Waals surface area contributed by atoms with Crippen LogP contribution in [0.25, 0.3) is 22.3 Å². The minimum absolute atomic E-state index is 0.0321. The number of hydrogen-bond acceptors (Lipinski definition) is 5. The normalized spacial score (nSPS) is 10.7. The molecule has 0 radical (unpaired) electrons. The van der Waals surface area contributed by atoms with E-state index >= 15 is 0 Å². The van der Waals surface area contributed by atoms with Gasteiger partial charge in [-0.15, -0.1) is 0 Å². The van der Waals surface area contributed by atoms with Crippen molar-refractivity contribution in [3.05, 3.63) is 87.5 Å². The zero-order chi connectivity index (χ0) is 22.7. The van der Waals surface area contributed by atoms with E-state index in [2.05, 4.69) is 5.32 Å². The van der Waals surface area contributed by atoms with Gasteiger partial charge in [0.25, 0.3) is 5.91 Å². The Kier molecular flexibility index (Phi) is 6.14. The number of amides is 1. The number of fused-ring (bicyclic) bond motifs is 1. The molecule has 0 unspecified atom stereocenters. The first-order valence-corrected chi connectivity index (χ1v) is 10.2. The first kappa shape index (κ1) is 21.5. The number of aryl methyl sites for hydroxylation is 1. The van der Waals surface area contributed by atoms with Crippen LogP contribution in [0.3, 0.4) is 0 Å². The fourth-order valence-corrected chi connectivity index (χ4v) is 3.35. The molecular weight excluding hydrogens is 430 g/mol. The first-order valence-electron chi connectivity index (χ1n) is 9.84. The zero-order valence-electron chi connectivity index (χ0n) is 17.5. The van der Waals surface area contributed by atoms with E-state index < -0.39 is 5.91 Å². The Morgan fingerprint density at radius 2 is 1.75 bits per heavy atom. The van der Waals surface area contributed by atoms with Gasteiger partial charge in [-0.3, -0.25) is 9.59 Å². The maximum atomic E-state index is 13.2. The maximum Gasteiger partial charge on any atom is 0.262 e. The van der Waals surface area contributed by atoms with E-state index in [1.807, 2.05) is 13.0 Å². The van der Waals surface area contributed by atoms with E-state index in [0.717, 1.165) is 5.56 Å². The summed E-state index contributed by atoms with van der Waals surface area (Å²) in [7, 11) is 1.57. The predicted molar refractivity (Wildman–Crippen MR) is 125 cm³/mol. The van der Waals surface area contributed by atoms with E-state index in [-0.39, 0.29) is 23.5 Å². The number of benzene rings is 3. The van der Waals surface area contributed by atoms with E-state index in [9.17, 15) is 9.59 Å². The molecule has 3 aromatic carbocycles. The minimum atomic E-state index is -0.416. The highest BCUT2D eigenvalue weighted by atomic mass is 35.5. The van der Waals surface area contributed by atoms with Crippen LogP contribution in [0.4, 0.5) is 5.69 Å².